The Morgan fingerprint density at radius 1 is 1.25 bits per heavy atom. The van der Waals surface area contributed by atoms with Gasteiger partial charge in [-0.2, -0.15) is 5.10 Å². The highest BCUT2D eigenvalue weighted by molar-refractivity contribution is 5.64. The first-order valence-electron chi connectivity index (χ1n) is 6.57. The molecule has 0 saturated carbocycles. The van der Waals surface area contributed by atoms with E-state index in [4.69, 9.17) is 0 Å². The fourth-order valence-corrected chi connectivity index (χ4v) is 2.30. The van der Waals surface area contributed by atoms with Crippen molar-refractivity contribution in [1.82, 2.24) is 19.7 Å². The highest BCUT2D eigenvalue weighted by atomic mass is 15.1. The molecule has 0 spiro atoms. The molecule has 0 radical (unpaired) electrons. The monoisotopic (exact) mass is 267 g/mol. The summed E-state index contributed by atoms with van der Waals surface area (Å²) >= 11 is 0. The lowest BCUT2D eigenvalue weighted by atomic mass is 10.1. The SMILES string of the molecule is CC(Nc1cccc(-c2ccn[nH]2)c1)c1nccn1C. The Labute approximate surface area is 117 Å². The van der Waals surface area contributed by atoms with Crippen LogP contribution in [-0.4, -0.2) is 19.7 Å². The van der Waals surface area contributed by atoms with E-state index in [2.05, 4.69) is 45.6 Å². The number of anilines is 1. The van der Waals surface area contributed by atoms with Crippen molar-refractivity contribution in [3.05, 3.63) is 54.7 Å². The first kappa shape index (κ1) is 12.5. The molecule has 2 aromatic heterocycles. The number of imidazole rings is 1. The summed E-state index contributed by atoms with van der Waals surface area (Å²) in [5.41, 5.74) is 3.19. The summed E-state index contributed by atoms with van der Waals surface area (Å²) in [5.74, 6) is 1.01. The van der Waals surface area contributed by atoms with Crippen molar-refractivity contribution in [1.29, 1.82) is 0 Å². The number of aromatic nitrogens is 4. The average molecular weight is 267 g/mol. The summed E-state index contributed by atoms with van der Waals surface area (Å²) in [6.07, 6.45) is 5.52. The van der Waals surface area contributed by atoms with E-state index >= 15 is 0 Å². The number of hydrogen-bond acceptors (Lipinski definition) is 3. The largest absolute Gasteiger partial charge is 0.375 e. The van der Waals surface area contributed by atoms with E-state index in [1.807, 2.05) is 36.1 Å². The predicted molar refractivity (Wildman–Crippen MR) is 79.3 cm³/mol. The minimum absolute atomic E-state index is 0.145. The topological polar surface area (TPSA) is 58.5 Å². The van der Waals surface area contributed by atoms with Crippen LogP contribution in [0, 0.1) is 0 Å². The van der Waals surface area contributed by atoms with Crippen LogP contribution >= 0.6 is 0 Å². The highest BCUT2D eigenvalue weighted by Crippen LogP contribution is 2.23. The van der Waals surface area contributed by atoms with E-state index in [0.717, 1.165) is 22.8 Å². The third-order valence-electron chi connectivity index (χ3n) is 3.30. The molecule has 2 N–H and O–H groups in total. The van der Waals surface area contributed by atoms with Crippen LogP contribution in [0.5, 0.6) is 0 Å². The maximum atomic E-state index is 4.37. The van der Waals surface area contributed by atoms with Crippen LogP contribution in [0.4, 0.5) is 5.69 Å². The predicted octanol–water partition coefficient (Wildman–Crippen LogP) is 2.98. The third-order valence-corrected chi connectivity index (χ3v) is 3.30. The molecular weight excluding hydrogens is 250 g/mol. The standard InChI is InChI=1S/C15H17N5/c1-11(15-16-8-9-20(15)2)18-13-5-3-4-12(10-13)14-6-7-17-19-14/h3-11,18H,1-2H3,(H,17,19). The number of aryl methyl sites for hydroxylation is 1. The van der Waals surface area contributed by atoms with Gasteiger partial charge in [0, 0.05) is 36.9 Å². The zero-order valence-electron chi connectivity index (χ0n) is 11.5. The summed E-state index contributed by atoms with van der Waals surface area (Å²) in [6.45, 7) is 2.10. The average Bonchev–Trinajstić information content (AvgIpc) is 3.09. The van der Waals surface area contributed by atoms with Crippen molar-refractivity contribution in [2.75, 3.05) is 5.32 Å². The molecule has 0 amide bonds. The molecule has 5 heteroatoms. The lowest BCUT2D eigenvalue weighted by Gasteiger charge is -2.15. The van der Waals surface area contributed by atoms with Crippen LogP contribution in [0.1, 0.15) is 18.8 Å². The van der Waals surface area contributed by atoms with Crippen molar-refractivity contribution in [3.63, 3.8) is 0 Å². The Bertz CT molecular complexity index is 684. The number of nitrogens with zero attached hydrogens (tertiary/aromatic N) is 3. The molecule has 1 unspecified atom stereocenters. The van der Waals surface area contributed by atoms with Gasteiger partial charge < -0.3 is 9.88 Å². The first-order chi connectivity index (χ1) is 9.74. The number of aromatic amines is 1. The van der Waals surface area contributed by atoms with Crippen LogP contribution in [0.15, 0.2) is 48.9 Å². The number of H-pyrrole nitrogens is 1. The van der Waals surface area contributed by atoms with Crippen LogP contribution in [0.2, 0.25) is 0 Å². The van der Waals surface area contributed by atoms with Gasteiger partial charge in [-0.05, 0) is 25.1 Å². The number of benzene rings is 1. The molecule has 0 fully saturated rings. The molecular formula is C15H17N5. The lowest BCUT2D eigenvalue weighted by Crippen LogP contribution is -2.11. The second-order valence-corrected chi connectivity index (χ2v) is 4.81. The van der Waals surface area contributed by atoms with E-state index in [9.17, 15) is 0 Å². The zero-order valence-corrected chi connectivity index (χ0v) is 11.5. The molecule has 1 atom stereocenters. The number of rotatable bonds is 4. The second kappa shape index (κ2) is 5.21. The quantitative estimate of drug-likeness (QED) is 0.764. The maximum absolute atomic E-state index is 4.37. The summed E-state index contributed by atoms with van der Waals surface area (Å²) in [7, 11) is 2.00. The number of hydrogen-bond donors (Lipinski definition) is 2. The molecule has 20 heavy (non-hydrogen) atoms. The summed E-state index contributed by atoms with van der Waals surface area (Å²) in [4.78, 5) is 4.37. The molecule has 5 nitrogen and oxygen atoms in total. The Hall–Kier alpha value is -2.56. The van der Waals surface area contributed by atoms with E-state index < -0.39 is 0 Å². The van der Waals surface area contributed by atoms with Crippen molar-refractivity contribution >= 4 is 5.69 Å². The molecule has 3 rings (SSSR count). The Morgan fingerprint density at radius 2 is 2.15 bits per heavy atom. The van der Waals surface area contributed by atoms with Gasteiger partial charge in [-0.25, -0.2) is 4.98 Å². The molecule has 1 aromatic carbocycles. The second-order valence-electron chi connectivity index (χ2n) is 4.81. The number of nitrogens with one attached hydrogen (secondary N) is 2. The molecule has 102 valence electrons. The smallest absolute Gasteiger partial charge is 0.130 e. The van der Waals surface area contributed by atoms with Gasteiger partial charge in [-0.15, -0.1) is 0 Å². The van der Waals surface area contributed by atoms with Gasteiger partial charge in [0.05, 0.1) is 11.7 Å². The Balaban J connectivity index is 1.81. The first-order valence-corrected chi connectivity index (χ1v) is 6.57. The Kier molecular flexibility index (Phi) is 3.25. The Morgan fingerprint density at radius 3 is 2.85 bits per heavy atom. The van der Waals surface area contributed by atoms with Crippen molar-refractivity contribution in [3.8, 4) is 11.3 Å². The third kappa shape index (κ3) is 2.42. The van der Waals surface area contributed by atoms with Crippen molar-refractivity contribution in [2.24, 2.45) is 7.05 Å². The fourth-order valence-electron chi connectivity index (χ4n) is 2.30. The molecule has 0 aliphatic heterocycles. The fraction of sp³-hybridized carbons (Fsp3) is 0.200. The van der Waals surface area contributed by atoms with Gasteiger partial charge in [0.2, 0.25) is 0 Å². The van der Waals surface area contributed by atoms with Gasteiger partial charge >= 0.3 is 0 Å². The van der Waals surface area contributed by atoms with Gasteiger partial charge in [0.25, 0.3) is 0 Å². The van der Waals surface area contributed by atoms with Crippen molar-refractivity contribution < 1.29 is 0 Å². The molecule has 0 aliphatic rings. The molecule has 2 heterocycles. The maximum Gasteiger partial charge on any atom is 0.130 e. The van der Waals surface area contributed by atoms with Crippen molar-refractivity contribution in [2.45, 2.75) is 13.0 Å². The normalized spacial score (nSPS) is 12.3. The highest BCUT2D eigenvalue weighted by Gasteiger charge is 2.10. The van der Waals surface area contributed by atoms with Gasteiger partial charge in [0.1, 0.15) is 5.82 Å². The summed E-state index contributed by atoms with van der Waals surface area (Å²) in [5, 5.41) is 10.4. The van der Waals surface area contributed by atoms with Crippen LogP contribution < -0.4 is 5.32 Å². The van der Waals surface area contributed by atoms with Crippen LogP contribution in [0.3, 0.4) is 0 Å². The summed E-state index contributed by atoms with van der Waals surface area (Å²) < 4.78 is 2.02. The van der Waals surface area contributed by atoms with E-state index in [0.29, 0.717) is 0 Å². The van der Waals surface area contributed by atoms with Gasteiger partial charge in [0.15, 0.2) is 0 Å². The van der Waals surface area contributed by atoms with Gasteiger partial charge in [-0.3, -0.25) is 5.10 Å². The zero-order chi connectivity index (χ0) is 13.9. The van der Waals surface area contributed by atoms with E-state index in [1.54, 1.807) is 6.20 Å². The molecule has 3 aromatic rings. The minimum Gasteiger partial charge on any atom is -0.375 e. The molecule has 0 bridgehead atoms. The van der Waals surface area contributed by atoms with Crippen LogP contribution in [0.25, 0.3) is 11.3 Å². The minimum atomic E-state index is 0.145. The summed E-state index contributed by atoms with van der Waals surface area (Å²) in [6, 6.07) is 10.4. The molecule has 0 saturated heterocycles. The van der Waals surface area contributed by atoms with Crippen LogP contribution in [-0.2, 0) is 7.05 Å². The lowest BCUT2D eigenvalue weighted by molar-refractivity contribution is 0.722. The van der Waals surface area contributed by atoms with Gasteiger partial charge in [-0.1, -0.05) is 12.1 Å². The molecule has 0 aliphatic carbocycles. The van der Waals surface area contributed by atoms with E-state index in [-0.39, 0.29) is 6.04 Å². The van der Waals surface area contributed by atoms with E-state index in [1.165, 1.54) is 0 Å².